The Bertz CT molecular complexity index is 1420. The molecule has 1 amide bonds. The first-order chi connectivity index (χ1) is 18.6. The summed E-state index contributed by atoms with van der Waals surface area (Å²) in [5.74, 6) is 2.62. The predicted molar refractivity (Wildman–Crippen MR) is 145 cm³/mol. The van der Waals surface area contributed by atoms with E-state index in [1.54, 1.807) is 12.4 Å². The normalized spacial score (nSPS) is 15.1. The first-order valence-corrected chi connectivity index (χ1v) is 13.6. The van der Waals surface area contributed by atoms with Gasteiger partial charge in [-0.15, -0.1) is 10.2 Å². The summed E-state index contributed by atoms with van der Waals surface area (Å²) in [6.45, 7) is 4.10. The number of nitrogens with zero attached hydrogens (tertiary/aromatic N) is 6. The molecule has 4 heterocycles. The average Bonchev–Trinajstić information content (AvgIpc) is 3.60. The topological polar surface area (TPSA) is 85.6 Å². The van der Waals surface area contributed by atoms with E-state index in [4.69, 9.17) is 21.1 Å². The van der Waals surface area contributed by atoms with Gasteiger partial charge in [0.05, 0.1) is 5.75 Å². The fourth-order valence-electron chi connectivity index (χ4n) is 4.54. The summed E-state index contributed by atoms with van der Waals surface area (Å²) in [6.07, 6.45) is 3.47. The van der Waals surface area contributed by atoms with Gasteiger partial charge in [-0.2, -0.15) is 0 Å². The van der Waals surface area contributed by atoms with Gasteiger partial charge in [-0.3, -0.25) is 19.2 Å². The molecular formula is C27H25ClN6O3S. The largest absolute Gasteiger partial charge is 0.454 e. The molecule has 0 spiro atoms. The van der Waals surface area contributed by atoms with Gasteiger partial charge >= 0.3 is 0 Å². The second kappa shape index (κ2) is 11.0. The van der Waals surface area contributed by atoms with Crippen LogP contribution >= 0.6 is 23.4 Å². The molecule has 2 aromatic heterocycles. The summed E-state index contributed by atoms with van der Waals surface area (Å²) in [5.41, 5.74) is 2.88. The van der Waals surface area contributed by atoms with Crippen LogP contribution in [0.4, 0.5) is 0 Å². The number of halogens is 1. The predicted octanol–water partition coefficient (Wildman–Crippen LogP) is 4.15. The number of piperazine rings is 1. The highest BCUT2D eigenvalue weighted by molar-refractivity contribution is 7.99. The van der Waals surface area contributed by atoms with Crippen molar-refractivity contribution < 1.29 is 14.3 Å². The van der Waals surface area contributed by atoms with E-state index in [-0.39, 0.29) is 18.5 Å². The third-order valence-corrected chi connectivity index (χ3v) is 7.70. The van der Waals surface area contributed by atoms with Gasteiger partial charge in [0.15, 0.2) is 22.5 Å². The molecule has 2 aromatic carbocycles. The van der Waals surface area contributed by atoms with Crippen LogP contribution in [0.25, 0.3) is 17.1 Å². The highest BCUT2D eigenvalue weighted by Gasteiger charge is 2.24. The van der Waals surface area contributed by atoms with Crippen LogP contribution in [0.3, 0.4) is 0 Å². The number of aromatic nitrogens is 4. The van der Waals surface area contributed by atoms with Crippen LogP contribution in [0, 0.1) is 0 Å². The summed E-state index contributed by atoms with van der Waals surface area (Å²) in [7, 11) is 0. The third kappa shape index (κ3) is 5.33. The van der Waals surface area contributed by atoms with Crippen molar-refractivity contribution in [2.45, 2.75) is 11.7 Å². The monoisotopic (exact) mass is 548 g/mol. The summed E-state index contributed by atoms with van der Waals surface area (Å²) >= 11 is 7.50. The maximum atomic E-state index is 13.1. The zero-order chi connectivity index (χ0) is 25.9. The molecule has 0 atom stereocenters. The number of amides is 1. The fourth-order valence-corrected chi connectivity index (χ4v) is 5.52. The molecule has 4 aromatic rings. The van der Waals surface area contributed by atoms with Gasteiger partial charge in [0.1, 0.15) is 0 Å². The molecular weight excluding hydrogens is 524 g/mol. The summed E-state index contributed by atoms with van der Waals surface area (Å²) in [6, 6.07) is 17.3. The molecule has 0 N–H and O–H groups in total. The number of carbonyl (C=O) groups excluding carboxylic acids is 1. The van der Waals surface area contributed by atoms with Crippen molar-refractivity contribution >= 4 is 29.3 Å². The van der Waals surface area contributed by atoms with Crippen molar-refractivity contribution in [3.8, 4) is 28.6 Å². The number of ether oxygens (including phenoxy) is 2. The number of pyridine rings is 1. The summed E-state index contributed by atoms with van der Waals surface area (Å²) < 4.78 is 12.8. The van der Waals surface area contributed by atoms with E-state index in [0.29, 0.717) is 29.1 Å². The molecule has 0 aliphatic carbocycles. The molecule has 0 radical (unpaired) electrons. The Morgan fingerprint density at radius 3 is 2.58 bits per heavy atom. The van der Waals surface area contributed by atoms with E-state index < -0.39 is 0 Å². The smallest absolute Gasteiger partial charge is 0.233 e. The first kappa shape index (κ1) is 24.7. The molecule has 38 heavy (non-hydrogen) atoms. The second-order valence-electron chi connectivity index (χ2n) is 8.99. The van der Waals surface area contributed by atoms with Crippen molar-refractivity contribution in [2.24, 2.45) is 0 Å². The lowest BCUT2D eigenvalue weighted by atomic mass is 10.1. The van der Waals surface area contributed by atoms with Crippen LogP contribution in [0.1, 0.15) is 5.56 Å². The van der Waals surface area contributed by atoms with Gasteiger partial charge < -0.3 is 14.4 Å². The van der Waals surface area contributed by atoms with Gasteiger partial charge in [0, 0.05) is 61.4 Å². The van der Waals surface area contributed by atoms with E-state index in [0.717, 1.165) is 42.4 Å². The van der Waals surface area contributed by atoms with E-state index in [9.17, 15) is 4.79 Å². The number of hydrogen-bond acceptors (Lipinski definition) is 8. The number of thioether (sulfide) groups is 1. The lowest BCUT2D eigenvalue weighted by Crippen LogP contribution is -2.48. The average molecular weight is 549 g/mol. The van der Waals surface area contributed by atoms with Crippen LogP contribution in [0.5, 0.6) is 11.5 Å². The molecule has 0 saturated carbocycles. The maximum absolute atomic E-state index is 13.1. The van der Waals surface area contributed by atoms with Crippen molar-refractivity contribution in [1.82, 2.24) is 29.5 Å². The molecule has 6 rings (SSSR count). The van der Waals surface area contributed by atoms with Gasteiger partial charge in [-0.1, -0.05) is 29.4 Å². The Morgan fingerprint density at radius 2 is 1.79 bits per heavy atom. The minimum absolute atomic E-state index is 0.0892. The Morgan fingerprint density at radius 1 is 0.974 bits per heavy atom. The van der Waals surface area contributed by atoms with Crippen LogP contribution < -0.4 is 9.47 Å². The molecule has 2 aliphatic rings. The Kier molecular flexibility index (Phi) is 7.17. The zero-order valence-electron chi connectivity index (χ0n) is 20.5. The third-order valence-electron chi connectivity index (χ3n) is 6.53. The van der Waals surface area contributed by atoms with Gasteiger partial charge in [-0.05, 0) is 54.1 Å². The maximum Gasteiger partial charge on any atom is 0.233 e. The van der Waals surface area contributed by atoms with Gasteiger partial charge in [0.2, 0.25) is 12.7 Å². The molecule has 11 heteroatoms. The van der Waals surface area contributed by atoms with Crippen LogP contribution in [0.2, 0.25) is 5.02 Å². The second-order valence-corrected chi connectivity index (χ2v) is 10.4. The molecule has 2 aliphatic heterocycles. The zero-order valence-corrected chi connectivity index (χ0v) is 22.1. The molecule has 1 saturated heterocycles. The Labute approximate surface area is 229 Å². The van der Waals surface area contributed by atoms with E-state index in [2.05, 4.69) is 26.1 Å². The van der Waals surface area contributed by atoms with Crippen LogP contribution in [-0.4, -0.2) is 74.2 Å². The number of hydrogen-bond donors (Lipinski definition) is 0. The number of fused-ring (bicyclic) bond motifs is 1. The SMILES string of the molecule is O=C(CSc1nnc(-c2cccnc2)n1-c1ccc(Cl)cc1)N1CCN(Cc2ccc3c(c2)OCO3)CC1. The Balaban J connectivity index is 1.09. The Hall–Kier alpha value is -3.60. The minimum atomic E-state index is 0.0892. The number of rotatable bonds is 7. The van der Waals surface area contributed by atoms with Crippen molar-refractivity contribution in [1.29, 1.82) is 0 Å². The highest BCUT2D eigenvalue weighted by Crippen LogP contribution is 2.33. The van der Waals surface area contributed by atoms with Crippen molar-refractivity contribution in [3.63, 3.8) is 0 Å². The molecule has 9 nitrogen and oxygen atoms in total. The van der Waals surface area contributed by atoms with E-state index in [1.165, 1.54) is 17.3 Å². The van der Waals surface area contributed by atoms with Gasteiger partial charge in [0.25, 0.3) is 0 Å². The molecule has 0 unspecified atom stereocenters. The lowest BCUT2D eigenvalue weighted by Gasteiger charge is -2.34. The number of carbonyl (C=O) groups is 1. The van der Waals surface area contributed by atoms with Crippen LogP contribution in [0.15, 0.2) is 72.1 Å². The molecule has 1 fully saturated rings. The summed E-state index contributed by atoms with van der Waals surface area (Å²) in [5, 5.41) is 10.1. The highest BCUT2D eigenvalue weighted by atomic mass is 35.5. The first-order valence-electron chi connectivity index (χ1n) is 12.3. The standard InChI is InChI=1S/C27H25ClN6O3S/c28-21-4-6-22(7-5-21)34-26(20-2-1-9-29-15-20)30-31-27(34)38-17-25(35)33-12-10-32(11-13-33)16-19-3-8-23-24(14-19)37-18-36-23/h1-9,14-15H,10-13,16-18H2. The lowest BCUT2D eigenvalue weighted by molar-refractivity contribution is -0.130. The van der Waals surface area contributed by atoms with E-state index in [1.807, 2.05) is 58.0 Å². The fraction of sp³-hybridized carbons (Fsp3) is 0.259. The van der Waals surface area contributed by atoms with E-state index >= 15 is 0 Å². The molecule has 194 valence electrons. The minimum Gasteiger partial charge on any atom is -0.454 e. The molecule has 0 bridgehead atoms. The van der Waals surface area contributed by atoms with Crippen molar-refractivity contribution in [3.05, 3.63) is 77.6 Å². The van der Waals surface area contributed by atoms with Crippen molar-refractivity contribution in [2.75, 3.05) is 38.7 Å². The number of benzene rings is 2. The quantitative estimate of drug-likeness (QED) is 0.318. The summed E-state index contributed by atoms with van der Waals surface area (Å²) in [4.78, 5) is 21.6. The van der Waals surface area contributed by atoms with Crippen LogP contribution in [-0.2, 0) is 11.3 Å². The van der Waals surface area contributed by atoms with Gasteiger partial charge in [-0.25, -0.2) is 0 Å².